The molecule has 0 spiro atoms. The Balaban J connectivity index is 1.20. The molecule has 1 fully saturated rings. The first-order valence-electron chi connectivity index (χ1n) is 10.5. The van der Waals surface area contributed by atoms with Gasteiger partial charge >= 0.3 is 0 Å². The molecule has 30 heavy (non-hydrogen) atoms. The molecule has 3 heterocycles. The number of aryl methyl sites for hydroxylation is 1. The Labute approximate surface area is 180 Å². The van der Waals surface area contributed by atoms with Gasteiger partial charge in [-0.2, -0.15) is 5.10 Å². The number of aromatic nitrogens is 3. The van der Waals surface area contributed by atoms with Crippen molar-refractivity contribution in [2.45, 2.75) is 31.6 Å². The molecule has 1 saturated heterocycles. The van der Waals surface area contributed by atoms with E-state index in [1.54, 1.807) is 11.3 Å². The summed E-state index contributed by atoms with van der Waals surface area (Å²) in [6.07, 6.45) is 7.26. The van der Waals surface area contributed by atoms with Gasteiger partial charge in [0.05, 0.1) is 27.1 Å². The average Bonchev–Trinajstić information content (AvgIpc) is 3.45. The molecular weight excluding hydrogens is 392 g/mol. The van der Waals surface area contributed by atoms with Crippen molar-refractivity contribution in [3.63, 3.8) is 0 Å². The SMILES string of the molecule is O=C(CCc1cnn(-c2ccccc2)c1)N1CCC[C@@H](c2nc3ccccc3s2)C1. The molecule has 0 aliphatic carbocycles. The lowest BCUT2D eigenvalue weighted by molar-refractivity contribution is -0.132. The van der Waals surface area contributed by atoms with Crippen LogP contribution in [0.1, 0.15) is 35.8 Å². The number of benzene rings is 2. The zero-order valence-corrected chi connectivity index (χ0v) is 17.6. The number of rotatable bonds is 5. The van der Waals surface area contributed by atoms with E-state index in [2.05, 4.69) is 23.3 Å². The number of amides is 1. The number of hydrogen-bond acceptors (Lipinski definition) is 4. The quantitative estimate of drug-likeness (QED) is 0.469. The summed E-state index contributed by atoms with van der Waals surface area (Å²) in [5.41, 5.74) is 3.19. The Morgan fingerprint density at radius 3 is 2.80 bits per heavy atom. The standard InChI is InChI=1S/C24H24N4OS/c29-23(13-12-18-15-25-28(16-18)20-8-2-1-3-9-20)27-14-6-7-19(17-27)24-26-21-10-4-5-11-22(21)30-24/h1-5,8-11,15-16,19H,6-7,12-14,17H2/t19-/m1/s1. The van der Waals surface area contributed by atoms with Crippen LogP contribution in [0.4, 0.5) is 0 Å². The number of carbonyl (C=O) groups is 1. The number of carbonyl (C=O) groups excluding carboxylic acids is 1. The lowest BCUT2D eigenvalue weighted by Crippen LogP contribution is -2.39. The lowest BCUT2D eigenvalue weighted by Gasteiger charge is -2.32. The molecule has 0 bridgehead atoms. The molecule has 4 aromatic rings. The van der Waals surface area contributed by atoms with Crippen molar-refractivity contribution in [1.82, 2.24) is 19.7 Å². The Morgan fingerprint density at radius 1 is 1.10 bits per heavy atom. The van der Waals surface area contributed by atoms with Crippen molar-refractivity contribution >= 4 is 27.5 Å². The fourth-order valence-electron chi connectivity index (χ4n) is 4.09. The number of hydrogen-bond donors (Lipinski definition) is 0. The molecule has 1 aliphatic rings. The maximum atomic E-state index is 12.9. The first kappa shape index (κ1) is 19.0. The second-order valence-electron chi connectivity index (χ2n) is 7.83. The Bertz CT molecular complexity index is 1120. The van der Waals surface area contributed by atoms with Gasteiger partial charge in [0.2, 0.25) is 5.91 Å². The lowest BCUT2D eigenvalue weighted by atomic mass is 9.98. The van der Waals surface area contributed by atoms with Gasteiger partial charge in [0, 0.05) is 31.6 Å². The minimum absolute atomic E-state index is 0.230. The number of nitrogens with zero attached hydrogens (tertiary/aromatic N) is 4. The number of piperidine rings is 1. The normalized spacial score (nSPS) is 16.8. The molecule has 0 radical (unpaired) electrons. The third kappa shape index (κ3) is 4.00. The van der Waals surface area contributed by atoms with Gasteiger partial charge in [-0.1, -0.05) is 30.3 Å². The van der Waals surface area contributed by atoms with Gasteiger partial charge in [-0.3, -0.25) is 4.79 Å². The van der Waals surface area contributed by atoms with Crippen LogP contribution >= 0.6 is 11.3 Å². The third-order valence-corrected chi connectivity index (χ3v) is 6.92. The van der Waals surface area contributed by atoms with Crippen molar-refractivity contribution in [2.24, 2.45) is 0 Å². The molecule has 6 heteroatoms. The summed E-state index contributed by atoms with van der Waals surface area (Å²) in [7, 11) is 0. The summed E-state index contributed by atoms with van der Waals surface area (Å²) in [6, 6.07) is 18.3. The first-order chi connectivity index (χ1) is 14.8. The van der Waals surface area contributed by atoms with Crippen molar-refractivity contribution in [3.8, 4) is 5.69 Å². The monoisotopic (exact) mass is 416 g/mol. The highest BCUT2D eigenvalue weighted by Gasteiger charge is 2.26. The van der Waals surface area contributed by atoms with Crippen LogP contribution in [-0.2, 0) is 11.2 Å². The van der Waals surface area contributed by atoms with Gasteiger partial charge in [0.15, 0.2) is 0 Å². The second-order valence-corrected chi connectivity index (χ2v) is 8.89. The maximum Gasteiger partial charge on any atom is 0.222 e. The molecule has 1 amide bonds. The van der Waals surface area contributed by atoms with Gasteiger partial charge in [-0.25, -0.2) is 9.67 Å². The molecule has 0 saturated carbocycles. The summed E-state index contributed by atoms with van der Waals surface area (Å²) in [5, 5.41) is 5.60. The molecule has 0 unspecified atom stereocenters. The summed E-state index contributed by atoms with van der Waals surface area (Å²) >= 11 is 1.77. The van der Waals surface area contributed by atoms with E-state index < -0.39 is 0 Å². The first-order valence-corrected chi connectivity index (χ1v) is 11.3. The van der Waals surface area contributed by atoms with Gasteiger partial charge in [0.25, 0.3) is 0 Å². The van der Waals surface area contributed by atoms with Crippen LogP contribution in [0.3, 0.4) is 0 Å². The molecule has 0 N–H and O–H groups in total. The van der Waals surface area contributed by atoms with Gasteiger partial charge in [-0.05, 0) is 49.1 Å². The Kier molecular flexibility index (Phi) is 5.32. The number of para-hydroxylation sites is 2. The van der Waals surface area contributed by atoms with E-state index in [0.29, 0.717) is 18.8 Å². The van der Waals surface area contributed by atoms with Gasteiger partial charge < -0.3 is 4.90 Å². The summed E-state index contributed by atoms with van der Waals surface area (Å²) in [4.78, 5) is 19.7. The Hall–Kier alpha value is -2.99. The fourth-order valence-corrected chi connectivity index (χ4v) is 5.18. The van der Waals surface area contributed by atoms with Crippen LogP contribution in [0, 0.1) is 0 Å². The van der Waals surface area contributed by atoms with Crippen LogP contribution < -0.4 is 0 Å². The highest BCUT2D eigenvalue weighted by molar-refractivity contribution is 7.18. The molecule has 2 aromatic heterocycles. The maximum absolute atomic E-state index is 12.9. The molecule has 1 aliphatic heterocycles. The second kappa shape index (κ2) is 8.40. The highest BCUT2D eigenvalue weighted by Crippen LogP contribution is 2.33. The van der Waals surface area contributed by atoms with E-state index in [-0.39, 0.29) is 5.91 Å². The van der Waals surface area contributed by atoms with Crippen LogP contribution in [0.5, 0.6) is 0 Å². The number of thiazole rings is 1. The smallest absolute Gasteiger partial charge is 0.222 e. The van der Waals surface area contributed by atoms with E-state index in [4.69, 9.17) is 4.98 Å². The zero-order chi connectivity index (χ0) is 20.3. The van der Waals surface area contributed by atoms with Crippen LogP contribution in [0.25, 0.3) is 15.9 Å². The molecule has 5 rings (SSSR count). The van der Waals surface area contributed by atoms with Crippen LogP contribution in [0.2, 0.25) is 0 Å². The number of likely N-dealkylation sites (tertiary alicyclic amines) is 1. The summed E-state index contributed by atoms with van der Waals surface area (Å²) in [6.45, 7) is 1.63. The molecule has 2 aromatic carbocycles. The van der Waals surface area contributed by atoms with Crippen molar-refractivity contribution in [1.29, 1.82) is 0 Å². The van der Waals surface area contributed by atoms with Crippen molar-refractivity contribution in [2.75, 3.05) is 13.1 Å². The summed E-state index contributed by atoms with van der Waals surface area (Å²) < 4.78 is 3.09. The topological polar surface area (TPSA) is 51.0 Å². The summed E-state index contributed by atoms with van der Waals surface area (Å²) in [5.74, 6) is 0.578. The van der Waals surface area contributed by atoms with E-state index in [9.17, 15) is 4.79 Å². The minimum Gasteiger partial charge on any atom is -0.342 e. The number of fused-ring (bicyclic) bond motifs is 1. The van der Waals surface area contributed by atoms with Crippen molar-refractivity contribution in [3.05, 3.63) is 77.6 Å². The van der Waals surface area contributed by atoms with Gasteiger partial charge in [-0.15, -0.1) is 11.3 Å². The zero-order valence-electron chi connectivity index (χ0n) is 16.8. The average molecular weight is 417 g/mol. The largest absolute Gasteiger partial charge is 0.342 e. The predicted molar refractivity (Wildman–Crippen MR) is 120 cm³/mol. The molecular formula is C24H24N4OS. The predicted octanol–water partition coefficient (Wildman–Crippen LogP) is 4.82. The molecule has 5 nitrogen and oxygen atoms in total. The molecule has 1 atom stereocenters. The van der Waals surface area contributed by atoms with E-state index in [1.165, 1.54) is 4.70 Å². The third-order valence-electron chi connectivity index (χ3n) is 5.72. The molecule has 152 valence electrons. The van der Waals surface area contributed by atoms with Crippen LogP contribution in [-0.4, -0.2) is 38.7 Å². The Morgan fingerprint density at radius 2 is 1.93 bits per heavy atom. The van der Waals surface area contributed by atoms with E-state index >= 15 is 0 Å². The fraction of sp³-hybridized carbons (Fsp3) is 0.292. The van der Waals surface area contributed by atoms with E-state index in [1.807, 2.05) is 58.4 Å². The van der Waals surface area contributed by atoms with Crippen molar-refractivity contribution < 1.29 is 4.79 Å². The minimum atomic E-state index is 0.230. The van der Waals surface area contributed by atoms with Crippen LogP contribution in [0.15, 0.2) is 67.0 Å². The van der Waals surface area contributed by atoms with E-state index in [0.717, 1.165) is 47.7 Å². The van der Waals surface area contributed by atoms with Gasteiger partial charge in [0.1, 0.15) is 0 Å². The highest BCUT2D eigenvalue weighted by atomic mass is 32.1.